The fourth-order valence-corrected chi connectivity index (χ4v) is 3.91. The Bertz CT molecular complexity index is 854. The lowest BCUT2D eigenvalue weighted by atomic mass is 9.84. The predicted molar refractivity (Wildman–Crippen MR) is 107 cm³/mol. The lowest BCUT2D eigenvalue weighted by Crippen LogP contribution is -2.64. The summed E-state index contributed by atoms with van der Waals surface area (Å²) in [6.45, 7) is 3.28. The molecule has 0 amide bonds. The highest BCUT2D eigenvalue weighted by molar-refractivity contribution is 5.90. The van der Waals surface area contributed by atoms with Crippen LogP contribution in [0.3, 0.4) is 0 Å². The van der Waals surface area contributed by atoms with Crippen LogP contribution in [0.4, 0.5) is 0 Å². The summed E-state index contributed by atoms with van der Waals surface area (Å²) in [6, 6.07) is 16.4. The molecule has 1 saturated carbocycles. The number of rotatable bonds is 4. The third kappa shape index (κ3) is 4.33. The van der Waals surface area contributed by atoms with Gasteiger partial charge in [-0.3, -0.25) is 0 Å². The summed E-state index contributed by atoms with van der Waals surface area (Å²) < 4.78 is 22.5. The highest BCUT2D eigenvalue weighted by Crippen LogP contribution is 2.39. The second-order valence-electron chi connectivity index (χ2n) is 8.02. The smallest absolute Gasteiger partial charge is 0.338 e. The summed E-state index contributed by atoms with van der Waals surface area (Å²) in [5.41, 5.74) is 0.506. The summed E-state index contributed by atoms with van der Waals surface area (Å²) in [5, 5.41) is 21.9. The van der Waals surface area contributed by atoms with E-state index >= 15 is 0 Å². The molecule has 1 heterocycles. The van der Waals surface area contributed by atoms with E-state index in [2.05, 4.69) is 0 Å². The molecule has 2 aromatic rings. The number of hydrogen-bond acceptors (Lipinski definition) is 8. The van der Waals surface area contributed by atoms with Gasteiger partial charge in [0.15, 0.2) is 18.0 Å². The SMILES string of the molecule is CC1(C)O[C@@H]2[C@H](O)[C@@H](OC(=O)c3ccccc3)[C@H](OC(=O)c3ccccc3)[C@@H](O)[C@@H]2O1. The number of aliphatic hydroxyl groups excluding tert-OH is 2. The summed E-state index contributed by atoms with van der Waals surface area (Å²) in [7, 11) is 0. The number of ether oxygens (including phenoxy) is 4. The first-order chi connectivity index (χ1) is 14.8. The predicted octanol–water partition coefficient (Wildman–Crippen LogP) is 1.69. The van der Waals surface area contributed by atoms with Crippen molar-refractivity contribution in [3.8, 4) is 0 Å². The number of benzene rings is 2. The quantitative estimate of drug-likeness (QED) is 0.708. The Balaban J connectivity index is 1.62. The van der Waals surface area contributed by atoms with E-state index in [1.165, 1.54) is 0 Å². The molecule has 0 aromatic heterocycles. The maximum absolute atomic E-state index is 12.7. The highest BCUT2D eigenvalue weighted by atomic mass is 16.8. The van der Waals surface area contributed by atoms with Gasteiger partial charge in [-0.25, -0.2) is 9.59 Å². The van der Waals surface area contributed by atoms with Crippen molar-refractivity contribution in [2.24, 2.45) is 0 Å². The van der Waals surface area contributed by atoms with Crippen molar-refractivity contribution in [2.45, 2.75) is 56.3 Å². The van der Waals surface area contributed by atoms with Crippen molar-refractivity contribution in [3.05, 3.63) is 71.8 Å². The maximum Gasteiger partial charge on any atom is 0.338 e. The molecule has 1 aliphatic carbocycles. The van der Waals surface area contributed by atoms with E-state index in [0.29, 0.717) is 0 Å². The first kappa shape index (κ1) is 21.5. The molecule has 4 rings (SSSR count). The zero-order valence-electron chi connectivity index (χ0n) is 17.1. The van der Waals surface area contributed by atoms with Gasteiger partial charge >= 0.3 is 11.9 Å². The first-order valence-electron chi connectivity index (χ1n) is 10.0. The van der Waals surface area contributed by atoms with Crippen LogP contribution in [0.15, 0.2) is 60.7 Å². The Kier molecular flexibility index (Phi) is 5.81. The lowest BCUT2D eigenvalue weighted by Gasteiger charge is -2.42. The largest absolute Gasteiger partial charge is 0.452 e. The minimum atomic E-state index is -1.39. The topological polar surface area (TPSA) is 112 Å². The molecule has 0 radical (unpaired) electrons. The van der Waals surface area contributed by atoms with Gasteiger partial charge in [-0.1, -0.05) is 36.4 Å². The molecule has 1 saturated heterocycles. The number of fused-ring (bicyclic) bond motifs is 1. The van der Waals surface area contributed by atoms with E-state index in [1.807, 2.05) is 0 Å². The molecule has 8 heteroatoms. The summed E-state index contributed by atoms with van der Waals surface area (Å²) >= 11 is 0. The van der Waals surface area contributed by atoms with Crippen molar-refractivity contribution in [3.63, 3.8) is 0 Å². The number of carbonyl (C=O) groups excluding carboxylic acids is 2. The Labute approximate surface area is 179 Å². The van der Waals surface area contributed by atoms with Crippen LogP contribution in [0.2, 0.25) is 0 Å². The van der Waals surface area contributed by atoms with Crippen LogP contribution in [0.1, 0.15) is 34.6 Å². The minimum absolute atomic E-state index is 0.253. The average Bonchev–Trinajstić information content (AvgIpc) is 3.11. The fourth-order valence-electron chi connectivity index (χ4n) is 3.91. The van der Waals surface area contributed by atoms with Crippen LogP contribution >= 0.6 is 0 Å². The molecular formula is C23H24O8. The summed E-state index contributed by atoms with van der Waals surface area (Å²) in [4.78, 5) is 25.3. The molecule has 31 heavy (non-hydrogen) atoms. The average molecular weight is 428 g/mol. The van der Waals surface area contributed by atoms with Crippen LogP contribution in [-0.2, 0) is 18.9 Å². The van der Waals surface area contributed by atoms with Crippen LogP contribution in [0, 0.1) is 0 Å². The van der Waals surface area contributed by atoms with Crippen molar-refractivity contribution in [1.82, 2.24) is 0 Å². The number of esters is 2. The first-order valence-corrected chi connectivity index (χ1v) is 10.0. The van der Waals surface area contributed by atoms with E-state index in [-0.39, 0.29) is 11.1 Å². The Hall–Kier alpha value is -2.78. The van der Waals surface area contributed by atoms with Crippen LogP contribution in [0.5, 0.6) is 0 Å². The van der Waals surface area contributed by atoms with Gasteiger partial charge in [0.1, 0.15) is 24.4 Å². The van der Waals surface area contributed by atoms with Gasteiger partial charge in [-0.05, 0) is 38.1 Å². The standard InChI is InChI=1S/C23H24O8/c1-23(2)30-19-15(24)17(28-21(26)13-9-5-3-6-10-13)18(16(25)20(19)31-23)29-22(27)14-11-7-4-8-12-14/h3-12,15-20,24-25H,1-2H3/t15-,16-,17-,18-,19-,20+/m1/s1. The molecule has 8 nitrogen and oxygen atoms in total. The van der Waals surface area contributed by atoms with Gasteiger partial charge in [0.05, 0.1) is 11.1 Å². The molecule has 2 fully saturated rings. The van der Waals surface area contributed by atoms with E-state index in [9.17, 15) is 19.8 Å². The molecular weight excluding hydrogens is 404 g/mol. The Morgan fingerprint density at radius 1 is 0.742 bits per heavy atom. The maximum atomic E-state index is 12.7. The Morgan fingerprint density at radius 3 is 1.45 bits per heavy atom. The van der Waals surface area contributed by atoms with Gasteiger partial charge in [0.25, 0.3) is 0 Å². The zero-order chi connectivity index (χ0) is 22.2. The van der Waals surface area contributed by atoms with Gasteiger partial charge in [0.2, 0.25) is 0 Å². The molecule has 1 aliphatic heterocycles. The van der Waals surface area contributed by atoms with Gasteiger partial charge in [0, 0.05) is 0 Å². The van der Waals surface area contributed by atoms with Gasteiger partial charge < -0.3 is 29.2 Å². The molecule has 0 bridgehead atoms. The normalized spacial score (nSPS) is 31.5. The van der Waals surface area contributed by atoms with E-state index in [4.69, 9.17) is 18.9 Å². The van der Waals surface area contributed by atoms with Crippen LogP contribution < -0.4 is 0 Å². The van der Waals surface area contributed by atoms with Crippen molar-refractivity contribution in [1.29, 1.82) is 0 Å². The van der Waals surface area contributed by atoms with Crippen molar-refractivity contribution < 1.29 is 38.7 Å². The fraction of sp³-hybridized carbons (Fsp3) is 0.391. The van der Waals surface area contributed by atoms with E-state index in [0.717, 1.165) is 0 Å². The third-order valence-electron chi connectivity index (χ3n) is 5.34. The Morgan fingerprint density at radius 2 is 1.10 bits per heavy atom. The minimum Gasteiger partial charge on any atom is -0.452 e. The van der Waals surface area contributed by atoms with Crippen molar-refractivity contribution in [2.75, 3.05) is 0 Å². The highest BCUT2D eigenvalue weighted by Gasteiger charge is 2.60. The third-order valence-corrected chi connectivity index (χ3v) is 5.34. The second kappa shape index (κ2) is 8.39. The molecule has 2 N–H and O–H groups in total. The molecule has 2 aliphatic rings. The van der Waals surface area contributed by atoms with Crippen LogP contribution in [-0.4, -0.2) is 64.6 Å². The number of aliphatic hydroxyl groups is 2. The van der Waals surface area contributed by atoms with E-state index < -0.39 is 54.3 Å². The summed E-state index contributed by atoms with van der Waals surface area (Å²) in [5.74, 6) is -2.53. The summed E-state index contributed by atoms with van der Waals surface area (Å²) in [6.07, 6.45) is -7.45. The van der Waals surface area contributed by atoms with Gasteiger partial charge in [-0.2, -0.15) is 0 Å². The van der Waals surface area contributed by atoms with Crippen molar-refractivity contribution >= 4 is 11.9 Å². The molecule has 2 aromatic carbocycles. The molecule has 6 atom stereocenters. The number of hydrogen-bond donors (Lipinski definition) is 2. The monoisotopic (exact) mass is 428 g/mol. The zero-order valence-corrected chi connectivity index (χ0v) is 17.1. The van der Waals surface area contributed by atoms with Crippen LogP contribution in [0.25, 0.3) is 0 Å². The van der Waals surface area contributed by atoms with Gasteiger partial charge in [-0.15, -0.1) is 0 Å². The van der Waals surface area contributed by atoms with E-state index in [1.54, 1.807) is 74.5 Å². The molecule has 164 valence electrons. The number of carbonyl (C=O) groups is 2. The molecule has 0 spiro atoms. The molecule has 0 unspecified atom stereocenters. The lowest BCUT2D eigenvalue weighted by molar-refractivity contribution is -0.194. The second-order valence-corrected chi connectivity index (χ2v) is 8.02.